The summed E-state index contributed by atoms with van der Waals surface area (Å²) in [4.78, 5) is 14.7. The van der Waals surface area contributed by atoms with Crippen LogP contribution in [0.25, 0.3) is 0 Å². The van der Waals surface area contributed by atoms with E-state index in [1.165, 1.54) is 0 Å². The standard InChI is InChI=1S/C16H23Cl2NO/c1-10(19(6)11(2)16(3,4)5)15(20)13-8-7-12(17)9-14(13)18/h7-11H,1-6H3. The molecule has 0 amide bonds. The number of rotatable bonds is 4. The zero-order valence-corrected chi connectivity index (χ0v) is 14.5. The third-order valence-electron chi connectivity index (χ3n) is 4.05. The Labute approximate surface area is 132 Å². The first-order valence-corrected chi connectivity index (χ1v) is 7.52. The van der Waals surface area contributed by atoms with Crippen LogP contribution < -0.4 is 0 Å². The molecular weight excluding hydrogens is 293 g/mol. The fourth-order valence-corrected chi connectivity index (χ4v) is 2.55. The summed E-state index contributed by atoms with van der Waals surface area (Å²) in [6, 6.07) is 5.03. The molecule has 0 spiro atoms. The van der Waals surface area contributed by atoms with E-state index in [-0.39, 0.29) is 23.3 Å². The maximum absolute atomic E-state index is 12.6. The molecule has 1 aromatic rings. The van der Waals surface area contributed by atoms with Crippen molar-refractivity contribution in [1.29, 1.82) is 0 Å². The summed E-state index contributed by atoms with van der Waals surface area (Å²) in [6.45, 7) is 10.5. The first kappa shape index (κ1) is 17.5. The number of ketones is 1. The van der Waals surface area contributed by atoms with Crippen LogP contribution in [0.4, 0.5) is 0 Å². The Morgan fingerprint density at radius 2 is 1.75 bits per heavy atom. The lowest BCUT2D eigenvalue weighted by molar-refractivity contribution is 0.0695. The molecular formula is C16H23Cl2NO. The van der Waals surface area contributed by atoms with Crippen molar-refractivity contribution in [3.63, 3.8) is 0 Å². The number of likely N-dealkylation sites (N-methyl/N-ethyl adjacent to an activating group) is 1. The van der Waals surface area contributed by atoms with Crippen LogP contribution in [0.3, 0.4) is 0 Å². The van der Waals surface area contributed by atoms with Crippen molar-refractivity contribution in [1.82, 2.24) is 4.90 Å². The highest BCUT2D eigenvalue weighted by Gasteiger charge is 2.30. The lowest BCUT2D eigenvalue weighted by atomic mass is 9.86. The number of carbonyl (C=O) groups excluding carboxylic acids is 1. The largest absolute Gasteiger partial charge is 0.293 e. The molecule has 112 valence electrons. The lowest BCUT2D eigenvalue weighted by Crippen LogP contribution is -2.47. The minimum absolute atomic E-state index is 0.0188. The Hall–Kier alpha value is -0.570. The van der Waals surface area contributed by atoms with Gasteiger partial charge in [-0.1, -0.05) is 44.0 Å². The highest BCUT2D eigenvalue weighted by atomic mass is 35.5. The van der Waals surface area contributed by atoms with E-state index in [4.69, 9.17) is 23.2 Å². The average Bonchev–Trinajstić information content (AvgIpc) is 2.34. The van der Waals surface area contributed by atoms with Crippen LogP contribution in [0.15, 0.2) is 18.2 Å². The molecule has 2 nitrogen and oxygen atoms in total. The van der Waals surface area contributed by atoms with Gasteiger partial charge in [0.1, 0.15) is 0 Å². The van der Waals surface area contributed by atoms with Gasteiger partial charge in [-0.3, -0.25) is 9.69 Å². The summed E-state index contributed by atoms with van der Waals surface area (Å²) in [7, 11) is 1.97. The van der Waals surface area contributed by atoms with E-state index in [0.717, 1.165) is 0 Å². The molecule has 4 heteroatoms. The van der Waals surface area contributed by atoms with Crippen LogP contribution in [0.2, 0.25) is 10.0 Å². The Morgan fingerprint density at radius 1 is 1.20 bits per heavy atom. The average molecular weight is 316 g/mol. The van der Waals surface area contributed by atoms with Crippen molar-refractivity contribution < 1.29 is 4.79 Å². The van der Waals surface area contributed by atoms with E-state index in [9.17, 15) is 4.79 Å². The molecule has 0 N–H and O–H groups in total. The minimum Gasteiger partial charge on any atom is -0.293 e. The molecule has 2 unspecified atom stereocenters. The van der Waals surface area contributed by atoms with E-state index >= 15 is 0 Å². The number of hydrogen-bond acceptors (Lipinski definition) is 2. The zero-order valence-electron chi connectivity index (χ0n) is 13.0. The van der Waals surface area contributed by atoms with Crippen molar-refractivity contribution in [3.05, 3.63) is 33.8 Å². The normalized spacial score (nSPS) is 15.2. The van der Waals surface area contributed by atoms with E-state index < -0.39 is 0 Å². The molecule has 0 saturated carbocycles. The predicted octanol–water partition coefficient (Wildman–Crippen LogP) is 4.93. The lowest BCUT2D eigenvalue weighted by Gasteiger charge is -2.38. The molecule has 0 aliphatic carbocycles. The first-order chi connectivity index (χ1) is 9.05. The van der Waals surface area contributed by atoms with Crippen LogP contribution in [0.5, 0.6) is 0 Å². The second-order valence-electron chi connectivity index (χ2n) is 6.37. The van der Waals surface area contributed by atoms with Crippen LogP contribution >= 0.6 is 23.2 Å². The Bertz CT molecular complexity index is 494. The van der Waals surface area contributed by atoms with E-state index in [1.54, 1.807) is 18.2 Å². The van der Waals surface area contributed by atoms with E-state index in [2.05, 4.69) is 32.6 Å². The minimum atomic E-state index is -0.233. The number of benzene rings is 1. The van der Waals surface area contributed by atoms with Gasteiger partial charge in [0.25, 0.3) is 0 Å². The second kappa shape index (κ2) is 6.46. The van der Waals surface area contributed by atoms with Gasteiger partial charge in [0.05, 0.1) is 11.1 Å². The van der Waals surface area contributed by atoms with Gasteiger partial charge < -0.3 is 0 Å². The molecule has 0 saturated heterocycles. The third kappa shape index (κ3) is 3.97. The smallest absolute Gasteiger partial charge is 0.181 e. The van der Waals surface area contributed by atoms with Gasteiger partial charge in [-0.05, 0) is 44.5 Å². The SMILES string of the molecule is CC(C(=O)c1ccc(Cl)cc1Cl)N(C)C(C)C(C)(C)C. The van der Waals surface area contributed by atoms with E-state index in [0.29, 0.717) is 15.6 Å². The molecule has 1 rings (SSSR count). The highest BCUT2D eigenvalue weighted by Crippen LogP contribution is 2.27. The summed E-state index contributed by atoms with van der Waals surface area (Å²) >= 11 is 12.0. The predicted molar refractivity (Wildman–Crippen MR) is 86.9 cm³/mol. The van der Waals surface area contributed by atoms with Gasteiger partial charge >= 0.3 is 0 Å². The Balaban J connectivity index is 2.97. The summed E-state index contributed by atoms with van der Waals surface area (Å²) in [5.41, 5.74) is 0.629. The van der Waals surface area contributed by atoms with Crippen LogP contribution in [-0.2, 0) is 0 Å². The van der Waals surface area contributed by atoms with Gasteiger partial charge in [-0.25, -0.2) is 0 Å². The molecule has 0 aliphatic rings. The van der Waals surface area contributed by atoms with Gasteiger partial charge in [-0.15, -0.1) is 0 Å². The Morgan fingerprint density at radius 3 is 2.20 bits per heavy atom. The summed E-state index contributed by atoms with van der Waals surface area (Å²) in [6.07, 6.45) is 0. The van der Waals surface area contributed by atoms with Crippen molar-refractivity contribution >= 4 is 29.0 Å². The van der Waals surface area contributed by atoms with Gasteiger partial charge in [-0.2, -0.15) is 0 Å². The quantitative estimate of drug-likeness (QED) is 0.734. The summed E-state index contributed by atoms with van der Waals surface area (Å²) in [5, 5.41) is 0.946. The van der Waals surface area contributed by atoms with Crippen molar-refractivity contribution in [3.8, 4) is 0 Å². The summed E-state index contributed by atoms with van der Waals surface area (Å²) in [5.74, 6) is 0.0188. The second-order valence-corrected chi connectivity index (χ2v) is 7.22. The number of carbonyl (C=O) groups is 1. The highest BCUT2D eigenvalue weighted by molar-refractivity contribution is 6.37. The maximum Gasteiger partial charge on any atom is 0.181 e. The fourth-order valence-electron chi connectivity index (χ4n) is 2.05. The molecule has 2 atom stereocenters. The molecule has 0 heterocycles. The molecule has 0 radical (unpaired) electrons. The van der Waals surface area contributed by atoms with E-state index in [1.807, 2.05) is 14.0 Å². The van der Waals surface area contributed by atoms with Crippen molar-refractivity contribution in [2.45, 2.75) is 46.7 Å². The molecule has 0 fully saturated rings. The topological polar surface area (TPSA) is 20.3 Å². The molecule has 20 heavy (non-hydrogen) atoms. The molecule has 1 aromatic carbocycles. The van der Waals surface area contributed by atoms with Crippen LogP contribution in [-0.4, -0.2) is 29.8 Å². The third-order valence-corrected chi connectivity index (χ3v) is 4.60. The molecule has 0 bridgehead atoms. The van der Waals surface area contributed by atoms with Gasteiger partial charge in [0.15, 0.2) is 5.78 Å². The first-order valence-electron chi connectivity index (χ1n) is 6.77. The van der Waals surface area contributed by atoms with Crippen molar-refractivity contribution in [2.75, 3.05) is 7.05 Å². The van der Waals surface area contributed by atoms with Crippen LogP contribution in [0.1, 0.15) is 45.0 Å². The van der Waals surface area contributed by atoms with Gasteiger partial charge in [0, 0.05) is 16.6 Å². The van der Waals surface area contributed by atoms with Crippen LogP contribution in [0, 0.1) is 5.41 Å². The Kier molecular flexibility index (Phi) is 5.65. The maximum atomic E-state index is 12.6. The van der Waals surface area contributed by atoms with Gasteiger partial charge in [0.2, 0.25) is 0 Å². The number of halogens is 2. The number of nitrogens with zero attached hydrogens (tertiary/aromatic N) is 1. The zero-order chi connectivity index (χ0) is 15.7. The fraction of sp³-hybridized carbons (Fsp3) is 0.562. The number of Topliss-reactive ketones (excluding diaryl/α,β-unsaturated/α-hetero) is 1. The molecule has 0 aromatic heterocycles. The summed E-state index contributed by atoms with van der Waals surface area (Å²) < 4.78 is 0. The monoisotopic (exact) mass is 315 g/mol. The number of hydrogen-bond donors (Lipinski definition) is 0. The van der Waals surface area contributed by atoms with Crippen molar-refractivity contribution in [2.24, 2.45) is 5.41 Å². The molecule has 0 aliphatic heterocycles.